The maximum absolute atomic E-state index is 13.1. The predicted octanol–water partition coefficient (Wildman–Crippen LogP) is 9.61. The minimum absolute atomic E-state index is 0.147. The van der Waals surface area contributed by atoms with E-state index < -0.39 is 0 Å². The van der Waals surface area contributed by atoms with Gasteiger partial charge in [0.05, 0.1) is 13.2 Å². The minimum Gasteiger partial charge on any atom is -0.481 e. The summed E-state index contributed by atoms with van der Waals surface area (Å²) in [5, 5.41) is 3.41. The quantitative estimate of drug-likeness (QED) is 0.151. The molecule has 0 aliphatic heterocycles. The molecule has 3 aromatic carbocycles. The second kappa shape index (κ2) is 15.5. The maximum atomic E-state index is 13.1. The van der Waals surface area contributed by atoms with Crippen molar-refractivity contribution in [1.29, 1.82) is 0 Å². The normalized spacial score (nSPS) is 27.1. The largest absolute Gasteiger partial charge is 0.481 e. The third kappa shape index (κ3) is 7.33. The van der Waals surface area contributed by atoms with Gasteiger partial charge in [0.25, 0.3) is 0 Å². The standard InChI is InChI=1S/C42H54O6/c1-2-28-21-22-37-38(23-28)42(48-27-40(44)46-25-32-16-10-14-30-12-4-6-18-34(30)32)36-20-8-7-19-35(36)41(37)47-26-39(43)45-24-31-15-9-13-29-11-3-5-17-33(29)31/h7-8,19-23,29-34H,2-6,9-18,24-27H2,1H3. The van der Waals surface area contributed by atoms with E-state index in [-0.39, 0.29) is 25.2 Å². The van der Waals surface area contributed by atoms with Crippen molar-refractivity contribution in [1.82, 2.24) is 0 Å². The summed E-state index contributed by atoms with van der Waals surface area (Å²) >= 11 is 0. The summed E-state index contributed by atoms with van der Waals surface area (Å²) in [6, 6.07) is 14.2. The second-order valence-corrected chi connectivity index (χ2v) is 15.2. The molecule has 0 amide bonds. The first kappa shape index (κ1) is 33.2. The van der Waals surface area contributed by atoms with Crippen LogP contribution < -0.4 is 9.47 Å². The van der Waals surface area contributed by atoms with Gasteiger partial charge in [0.2, 0.25) is 0 Å². The van der Waals surface area contributed by atoms with Crippen LogP contribution in [-0.2, 0) is 25.5 Å². The SMILES string of the molecule is CCc1ccc2c(OCC(=O)OCC3CCCC4CCCCC43)c3ccccc3c(OCC(=O)OCC3CCCC4CCCCC43)c2c1. The molecule has 4 aliphatic rings. The first-order chi connectivity index (χ1) is 23.6. The third-order valence-electron chi connectivity index (χ3n) is 12.4. The molecule has 4 aliphatic carbocycles. The van der Waals surface area contributed by atoms with Crippen molar-refractivity contribution in [2.24, 2.45) is 35.5 Å². The summed E-state index contributed by atoms with van der Waals surface area (Å²) < 4.78 is 24.4. The molecule has 0 saturated heterocycles. The van der Waals surface area contributed by atoms with E-state index >= 15 is 0 Å². The van der Waals surface area contributed by atoms with E-state index in [1.807, 2.05) is 30.3 Å². The third-order valence-corrected chi connectivity index (χ3v) is 12.4. The van der Waals surface area contributed by atoms with Gasteiger partial charge in [0, 0.05) is 21.5 Å². The molecule has 6 nitrogen and oxygen atoms in total. The van der Waals surface area contributed by atoms with Crippen molar-refractivity contribution in [3.05, 3.63) is 48.0 Å². The molecule has 0 bridgehead atoms. The van der Waals surface area contributed by atoms with Gasteiger partial charge in [-0.1, -0.05) is 108 Å². The number of benzene rings is 3. The van der Waals surface area contributed by atoms with Crippen LogP contribution in [0, 0.1) is 35.5 Å². The molecule has 6 atom stereocenters. The molecule has 0 N–H and O–H groups in total. The zero-order valence-electron chi connectivity index (χ0n) is 28.9. The van der Waals surface area contributed by atoms with Gasteiger partial charge in [-0.25, -0.2) is 9.59 Å². The summed E-state index contributed by atoms with van der Waals surface area (Å²) in [5.74, 6) is 4.59. The highest BCUT2D eigenvalue weighted by atomic mass is 16.6. The zero-order valence-corrected chi connectivity index (χ0v) is 28.9. The van der Waals surface area contributed by atoms with Gasteiger partial charge < -0.3 is 18.9 Å². The van der Waals surface area contributed by atoms with Gasteiger partial charge in [-0.2, -0.15) is 0 Å². The van der Waals surface area contributed by atoms with Crippen LogP contribution in [0.15, 0.2) is 42.5 Å². The molecule has 258 valence electrons. The van der Waals surface area contributed by atoms with E-state index in [1.165, 1.54) is 77.0 Å². The molecule has 48 heavy (non-hydrogen) atoms. The monoisotopic (exact) mass is 654 g/mol. The molecule has 0 spiro atoms. The summed E-state index contributed by atoms with van der Waals surface area (Å²) in [5.41, 5.74) is 1.16. The van der Waals surface area contributed by atoms with Gasteiger partial charge in [0.1, 0.15) is 11.5 Å². The summed E-state index contributed by atoms with van der Waals surface area (Å²) in [4.78, 5) is 26.2. The fraction of sp³-hybridized carbons (Fsp3) is 0.619. The Morgan fingerprint density at radius 2 is 1.06 bits per heavy atom. The average Bonchev–Trinajstić information content (AvgIpc) is 3.14. The number of rotatable bonds is 11. The van der Waals surface area contributed by atoms with Crippen molar-refractivity contribution in [2.45, 2.75) is 103 Å². The Morgan fingerprint density at radius 3 is 1.60 bits per heavy atom. The van der Waals surface area contributed by atoms with Crippen molar-refractivity contribution < 1.29 is 28.5 Å². The molecular weight excluding hydrogens is 600 g/mol. The molecule has 4 fully saturated rings. The lowest BCUT2D eigenvalue weighted by Crippen LogP contribution is -2.34. The lowest BCUT2D eigenvalue weighted by Gasteiger charge is -2.41. The van der Waals surface area contributed by atoms with Gasteiger partial charge in [-0.15, -0.1) is 0 Å². The van der Waals surface area contributed by atoms with Crippen LogP contribution in [0.1, 0.15) is 102 Å². The summed E-state index contributed by atoms with van der Waals surface area (Å²) in [7, 11) is 0. The smallest absolute Gasteiger partial charge is 0.344 e. The van der Waals surface area contributed by atoms with Crippen molar-refractivity contribution in [3.63, 3.8) is 0 Å². The van der Waals surface area contributed by atoms with E-state index in [9.17, 15) is 9.59 Å². The lowest BCUT2D eigenvalue weighted by molar-refractivity contribution is -0.149. The highest BCUT2D eigenvalue weighted by Crippen LogP contribution is 2.46. The van der Waals surface area contributed by atoms with Crippen molar-refractivity contribution in [2.75, 3.05) is 26.4 Å². The number of carbonyl (C=O) groups is 2. The number of fused-ring (bicyclic) bond motifs is 4. The number of aryl methyl sites for hydroxylation is 1. The fourth-order valence-corrected chi connectivity index (χ4v) is 9.98. The van der Waals surface area contributed by atoms with Crippen LogP contribution in [0.25, 0.3) is 21.5 Å². The second-order valence-electron chi connectivity index (χ2n) is 15.2. The molecule has 0 heterocycles. The number of carbonyl (C=O) groups excluding carboxylic acids is 2. The molecular formula is C42H54O6. The minimum atomic E-state index is -0.323. The van der Waals surface area contributed by atoms with Crippen LogP contribution in [0.3, 0.4) is 0 Å². The summed E-state index contributed by atoms with van der Waals surface area (Å²) in [6.45, 7) is 2.82. The topological polar surface area (TPSA) is 71.1 Å². The van der Waals surface area contributed by atoms with Crippen LogP contribution in [0.4, 0.5) is 0 Å². The van der Waals surface area contributed by atoms with E-state index in [1.54, 1.807) is 0 Å². The number of ether oxygens (including phenoxy) is 4. The number of hydrogen-bond donors (Lipinski definition) is 0. The first-order valence-electron chi connectivity index (χ1n) is 19.1. The van der Waals surface area contributed by atoms with E-state index in [2.05, 4.69) is 19.1 Å². The molecule has 0 aromatic heterocycles. The fourth-order valence-electron chi connectivity index (χ4n) is 9.98. The van der Waals surface area contributed by atoms with E-state index in [4.69, 9.17) is 18.9 Å². The van der Waals surface area contributed by atoms with Crippen LogP contribution in [0.5, 0.6) is 11.5 Å². The molecule has 6 unspecified atom stereocenters. The highest BCUT2D eigenvalue weighted by molar-refractivity contribution is 6.11. The average molecular weight is 655 g/mol. The van der Waals surface area contributed by atoms with Gasteiger partial charge in [-0.3, -0.25) is 0 Å². The van der Waals surface area contributed by atoms with E-state index in [0.29, 0.717) is 48.4 Å². The van der Waals surface area contributed by atoms with Crippen LogP contribution in [-0.4, -0.2) is 38.4 Å². The van der Waals surface area contributed by atoms with Gasteiger partial charge in [-0.05, 0) is 79.2 Å². The number of esters is 2. The Balaban J connectivity index is 1.04. The van der Waals surface area contributed by atoms with Crippen LogP contribution >= 0.6 is 0 Å². The van der Waals surface area contributed by atoms with Crippen molar-refractivity contribution >= 4 is 33.5 Å². The Hall–Kier alpha value is -3.28. The predicted molar refractivity (Wildman–Crippen MR) is 189 cm³/mol. The van der Waals surface area contributed by atoms with E-state index in [0.717, 1.165) is 58.2 Å². The molecule has 0 radical (unpaired) electrons. The first-order valence-corrected chi connectivity index (χ1v) is 19.1. The Kier molecular flexibility index (Phi) is 10.7. The van der Waals surface area contributed by atoms with Gasteiger partial charge in [0.15, 0.2) is 13.2 Å². The Labute approximate surface area is 286 Å². The Bertz CT molecular complexity index is 1580. The zero-order chi connectivity index (χ0) is 32.9. The molecule has 3 aromatic rings. The molecule has 7 rings (SSSR count). The van der Waals surface area contributed by atoms with Gasteiger partial charge >= 0.3 is 11.9 Å². The van der Waals surface area contributed by atoms with Crippen molar-refractivity contribution in [3.8, 4) is 11.5 Å². The molecule has 4 saturated carbocycles. The summed E-state index contributed by atoms with van der Waals surface area (Å²) in [6.07, 6.45) is 18.8. The molecule has 6 heteroatoms. The highest BCUT2D eigenvalue weighted by Gasteiger charge is 2.36. The van der Waals surface area contributed by atoms with Crippen LogP contribution in [0.2, 0.25) is 0 Å². The number of hydrogen-bond acceptors (Lipinski definition) is 6. The maximum Gasteiger partial charge on any atom is 0.344 e. The Morgan fingerprint density at radius 1 is 0.583 bits per heavy atom. The lowest BCUT2D eigenvalue weighted by atomic mass is 9.66.